The van der Waals surface area contributed by atoms with Crippen LogP contribution in [0.4, 0.5) is 17.6 Å². The van der Waals surface area contributed by atoms with Gasteiger partial charge in [-0.15, -0.1) is 0 Å². The van der Waals surface area contributed by atoms with E-state index in [2.05, 4.69) is 30.1 Å². The third-order valence-electron chi connectivity index (χ3n) is 3.60. The van der Waals surface area contributed by atoms with E-state index in [0.29, 0.717) is 5.82 Å². The van der Waals surface area contributed by atoms with E-state index in [1.54, 1.807) is 0 Å². The SMILES string of the molecule is COC(=O)C(=O)Nc1cc(N2CCCCC2)nc(NC(=O)C(=O)OC)n1. The second-order valence-electron chi connectivity index (χ2n) is 5.37. The van der Waals surface area contributed by atoms with Crippen molar-refractivity contribution in [2.75, 3.05) is 42.8 Å². The highest BCUT2D eigenvalue weighted by molar-refractivity contribution is 6.37. The van der Waals surface area contributed by atoms with E-state index in [4.69, 9.17) is 0 Å². The smallest absolute Gasteiger partial charge is 0.396 e. The van der Waals surface area contributed by atoms with Crippen LogP contribution in [-0.2, 0) is 28.7 Å². The van der Waals surface area contributed by atoms with Gasteiger partial charge in [-0.3, -0.25) is 14.9 Å². The lowest BCUT2D eigenvalue weighted by Gasteiger charge is -2.28. The van der Waals surface area contributed by atoms with Gasteiger partial charge in [-0.05, 0) is 19.3 Å². The molecule has 26 heavy (non-hydrogen) atoms. The molecule has 2 amide bonds. The Balaban J connectivity index is 2.28. The van der Waals surface area contributed by atoms with Crippen LogP contribution in [-0.4, -0.2) is 61.0 Å². The van der Waals surface area contributed by atoms with Crippen molar-refractivity contribution in [3.05, 3.63) is 6.07 Å². The van der Waals surface area contributed by atoms with Crippen molar-refractivity contribution >= 4 is 41.3 Å². The Labute approximate surface area is 149 Å². The average molecular weight is 365 g/mol. The molecule has 1 aromatic rings. The molecule has 11 nitrogen and oxygen atoms in total. The van der Waals surface area contributed by atoms with E-state index in [1.807, 2.05) is 4.90 Å². The minimum Gasteiger partial charge on any atom is -0.462 e. The van der Waals surface area contributed by atoms with Crippen LogP contribution in [0.15, 0.2) is 6.07 Å². The van der Waals surface area contributed by atoms with Crippen LogP contribution in [0.5, 0.6) is 0 Å². The van der Waals surface area contributed by atoms with Gasteiger partial charge < -0.3 is 19.7 Å². The lowest BCUT2D eigenvalue weighted by Crippen LogP contribution is -2.32. The van der Waals surface area contributed by atoms with E-state index in [-0.39, 0.29) is 11.8 Å². The van der Waals surface area contributed by atoms with Gasteiger partial charge >= 0.3 is 23.8 Å². The molecular weight excluding hydrogens is 346 g/mol. The van der Waals surface area contributed by atoms with Gasteiger partial charge in [0, 0.05) is 19.2 Å². The van der Waals surface area contributed by atoms with Crippen LogP contribution < -0.4 is 15.5 Å². The minimum absolute atomic E-state index is 0.0175. The molecule has 2 heterocycles. The van der Waals surface area contributed by atoms with Crippen LogP contribution in [0.25, 0.3) is 0 Å². The summed E-state index contributed by atoms with van der Waals surface area (Å²) in [4.78, 5) is 56.0. The second kappa shape index (κ2) is 8.74. The van der Waals surface area contributed by atoms with Crippen molar-refractivity contribution in [3.8, 4) is 0 Å². The maximum atomic E-state index is 11.7. The highest BCUT2D eigenvalue weighted by Crippen LogP contribution is 2.22. The Bertz CT molecular complexity index is 668. The largest absolute Gasteiger partial charge is 0.462 e. The summed E-state index contributed by atoms with van der Waals surface area (Å²) in [7, 11) is 2.14. The minimum atomic E-state index is -1.11. The summed E-state index contributed by atoms with van der Waals surface area (Å²) in [6.07, 6.45) is 3.04. The number of hydrogen-bond acceptors (Lipinski definition) is 9. The molecule has 1 aliphatic rings. The van der Waals surface area contributed by atoms with E-state index in [1.165, 1.54) is 6.07 Å². The van der Waals surface area contributed by atoms with E-state index >= 15 is 0 Å². The number of carbonyl (C=O) groups excluding carboxylic acids is 4. The summed E-state index contributed by atoms with van der Waals surface area (Å²) in [5.74, 6) is -4.07. The van der Waals surface area contributed by atoms with Crippen LogP contribution >= 0.6 is 0 Å². The number of amides is 2. The quantitative estimate of drug-likeness (QED) is 0.545. The summed E-state index contributed by atoms with van der Waals surface area (Å²) in [6, 6.07) is 1.47. The molecule has 1 fully saturated rings. The predicted molar refractivity (Wildman–Crippen MR) is 89.4 cm³/mol. The van der Waals surface area contributed by atoms with Crippen LogP contribution in [0, 0.1) is 0 Å². The van der Waals surface area contributed by atoms with Crippen molar-refractivity contribution in [1.82, 2.24) is 9.97 Å². The number of rotatable bonds is 3. The molecule has 0 radical (unpaired) electrons. The summed E-state index contributed by atoms with van der Waals surface area (Å²) in [5.41, 5.74) is 0. The Hall–Kier alpha value is -3.24. The number of nitrogens with one attached hydrogen (secondary N) is 2. The Morgan fingerprint density at radius 1 is 0.923 bits per heavy atom. The lowest BCUT2D eigenvalue weighted by molar-refractivity contribution is -0.150. The monoisotopic (exact) mass is 365 g/mol. The summed E-state index contributed by atoms with van der Waals surface area (Å²) in [5, 5.41) is 4.47. The molecule has 0 atom stereocenters. The number of anilines is 3. The molecule has 1 aromatic heterocycles. The summed E-state index contributed by atoms with van der Waals surface area (Å²) in [6.45, 7) is 1.48. The Morgan fingerprint density at radius 2 is 1.50 bits per heavy atom. The summed E-state index contributed by atoms with van der Waals surface area (Å²) >= 11 is 0. The number of aromatic nitrogens is 2. The zero-order valence-corrected chi connectivity index (χ0v) is 14.4. The van der Waals surface area contributed by atoms with E-state index in [9.17, 15) is 19.2 Å². The molecular formula is C15H19N5O6. The topological polar surface area (TPSA) is 140 Å². The average Bonchev–Trinajstić information content (AvgIpc) is 2.66. The number of hydrogen-bond donors (Lipinski definition) is 2. The fraction of sp³-hybridized carbons (Fsp3) is 0.467. The molecule has 2 rings (SSSR count). The number of carbonyl (C=O) groups is 4. The van der Waals surface area contributed by atoms with Crippen molar-refractivity contribution in [1.29, 1.82) is 0 Å². The van der Waals surface area contributed by atoms with Crippen molar-refractivity contribution in [3.63, 3.8) is 0 Å². The lowest BCUT2D eigenvalue weighted by atomic mass is 10.1. The van der Waals surface area contributed by atoms with Crippen molar-refractivity contribution in [2.45, 2.75) is 19.3 Å². The normalized spacial score (nSPS) is 13.5. The molecule has 0 bridgehead atoms. The highest BCUT2D eigenvalue weighted by atomic mass is 16.5. The van der Waals surface area contributed by atoms with E-state index in [0.717, 1.165) is 46.6 Å². The molecule has 0 spiro atoms. The molecule has 0 aromatic carbocycles. The first-order valence-electron chi connectivity index (χ1n) is 7.87. The van der Waals surface area contributed by atoms with Crippen LogP contribution in [0.3, 0.4) is 0 Å². The van der Waals surface area contributed by atoms with Crippen LogP contribution in [0.1, 0.15) is 19.3 Å². The molecule has 1 aliphatic heterocycles. The number of methoxy groups -OCH3 is 2. The standard InChI is InChI=1S/C15H19N5O6/c1-25-13(23)11(21)16-9-8-10(20-6-4-3-5-7-20)18-15(17-9)19-12(22)14(24)26-2/h8H,3-7H2,1-2H3,(H2,16,17,18,19,21,22). The van der Waals surface area contributed by atoms with Gasteiger partial charge in [0.2, 0.25) is 5.95 Å². The molecule has 2 N–H and O–H groups in total. The molecule has 0 unspecified atom stereocenters. The Morgan fingerprint density at radius 3 is 2.08 bits per heavy atom. The predicted octanol–water partition coefficient (Wildman–Crippen LogP) is -0.310. The molecule has 11 heteroatoms. The van der Waals surface area contributed by atoms with Gasteiger partial charge in [0.25, 0.3) is 0 Å². The fourth-order valence-corrected chi connectivity index (χ4v) is 2.34. The maximum absolute atomic E-state index is 11.7. The first-order chi connectivity index (χ1) is 12.4. The highest BCUT2D eigenvalue weighted by Gasteiger charge is 2.21. The third-order valence-corrected chi connectivity index (χ3v) is 3.60. The third kappa shape index (κ3) is 4.88. The number of esters is 2. The van der Waals surface area contributed by atoms with Gasteiger partial charge in [-0.2, -0.15) is 9.97 Å². The number of ether oxygens (including phenoxy) is 2. The number of piperidine rings is 1. The first kappa shape index (κ1) is 19.1. The van der Waals surface area contributed by atoms with Gasteiger partial charge in [0.15, 0.2) is 0 Å². The van der Waals surface area contributed by atoms with Gasteiger partial charge in [-0.25, -0.2) is 9.59 Å². The van der Waals surface area contributed by atoms with Gasteiger partial charge in [0.05, 0.1) is 14.2 Å². The van der Waals surface area contributed by atoms with Gasteiger partial charge in [-0.1, -0.05) is 0 Å². The zero-order valence-electron chi connectivity index (χ0n) is 14.4. The fourth-order valence-electron chi connectivity index (χ4n) is 2.34. The van der Waals surface area contributed by atoms with Crippen molar-refractivity contribution in [2.24, 2.45) is 0 Å². The van der Waals surface area contributed by atoms with E-state index < -0.39 is 23.8 Å². The Kier molecular flexibility index (Phi) is 6.42. The molecule has 1 saturated heterocycles. The maximum Gasteiger partial charge on any atom is 0.396 e. The number of nitrogens with zero attached hydrogens (tertiary/aromatic N) is 3. The molecule has 140 valence electrons. The zero-order chi connectivity index (χ0) is 19.1. The molecule has 0 aliphatic carbocycles. The summed E-state index contributed by atoms with van der Waals surface area (Å²) < 4.78 is 8.66. The van der Waals surface area contributed by atoms with Crippen LogP contribution in [0.2, 0.25) is 0 Å². The first-order valence-corrected chi connectivity index (χ1v) is 7.87. The molecule has 0 saturated carbocycles. The van der Waals surface area contributed by atoms with Gasteiger partial charge in [0.1, 0.15) is 11.6 Å². The second-order valence-corrected chi connectivity index (χ2v) is 5.37. The van der Waals surface area contributed by atoms with Crippen molar-refractivity contribution < 1.29 is 28.7 Å².